The molecule has 0 aliphatic carbocycles. The van der Waals surface area contributed by atoms with Crippen molar-refractivity contribution in [3.63, 3.8) is 0 Å². The number of para-hydroxylation sites is 1. The van der Waals surface area contributed by atoms with Crippen LogP contribution in [0.4, 0.5) is 14.9 Å². The minimum Gasteiger partial charge on any atom is -0.305 e. The lowest BCUT2D eigenvalue weighted by Crippen LogP contribution is -2.40. The Morgan fingerprint density at radius 3 is 2.42 bits per heavy atom. The molecule has 2 aromatic carbocycles. The third kappa shape index (κ3) is 5.48. The van der Waals surface area contributed by atoms with Crippen LogP contribution >= 0.6 is 0 Å². The number of anilines is 1. The van der Waals surface area contributed by atoms with E-state index in [1.165, 1.54) is 23.8 Å². The first kappa shape index (κ1) is 17.6. The number of carbonyl (C=O) groups excluding carboxylic acids is 2. The van der Waals surface area contributed by atoms with Crippen LogP contribution in [0, 0.1) is 12.7 Å². The number of aryl methyl sites for hydroxylation is 1. The van der Waals surface area contributed by atoms with Crippen LogP contribution < -0.4 is 10.6 Å². The van der Waals surface area contributed by atoms with Gasteiger partial charge in [0.2, 0.25) is 5.91 Å². The number of likely N-dealkylation sites (N-methyl/N-ethyl adjacent to an activating group) is 1. The topological polar surface area (TPSA) is 61.4 Å². The van der Waals surface area contributed by atoms with Gasteiger partial charge >= 0.3 is 6.03 Å². The molecule has 0 fully saturated rings. The Morgan fingerprint density at radius 2 is 1.75 bits per heavy atom. The fraction of sp³-hybridized carbons (Fsp3) is 0.222. The number of amides is 3. The van der Waals surface area contributed by atoms with Crippen molar-refractivity contribution in [3.05, 3.63) is 65.5 Å². The van der Waals surface area contributed by atoms with Gasteiger partial charge in [0.05, 0.1) is 12.2 Å². The Bertz CT molecular complexity index is 716. The number of nitrogens with zero attached hydrogens (tertiary/aromatic N) is 1. The Hall–Kier alpha value is -2.73. The summed E-state index contributed by atoms with van der Waals surface area (Å²) in [5.41, 5.74) is 2.27. The zero-order valence-corrected chi connectivity index (χ0v) is 13.7. The van der Waals surface area contributed by atoms with Gasteiger partial charge in [0.25, 0.3) is 0 Å². The molecule has 0 heterocycles. The van der Waals surface area contributed by atoms with Gasteiger partial charge in [0.15, 0.2) is 0 Å². The highest BCUT2D eigenvalue weighted by Gasteiger charge is 2.12. The maximum Gasteiger partial charge on any atom is 0.326 e. The van der Waals surface area contributed by atoms with Crippen molar-refractivity contribution < 1.29 is 14.0 Å². The molecule has 0 saturated carbocycles. The third-order valence-corrected chi connectivity index (χ3v) is 3.36. The molecule has 2 N–H and O–H groups in total. The minimum atomic E-state index is -0.756. The van der Waals surface area contributed by atoms with Crippen LogP contribution in [0.3, 0.4) is 0 Å². The van der Waals surface area contributed by atoms with E-state index >= 15 is 0 Å². The molecule has 24 heavy (non-hydrogen) atoms. The van der Waals surface area contributed by atoms with Gasteiger partial charge in [-0.3, -0.25) is 15.0 Å². The van der Waals surface area contributed by atoms with Crippen molar-refractivity contribution in [2.24, 2.45) is 0 Å². The van der Waals surface area contributed by atoms with E-state index in [0.29, 0.717) is 6.54 Å². The molecule has 0 spiro atoms. The molecule has 0 radical (unpaired) electrons. The van der Waals surface area contributed by atoms with Crippen molar-refractivity contribution in [2.75, 3.05) is 18.9 Å². The molecule has 2 aromatic rings. The molecule has 0 atom stereocenters. The first-order valence-corrected chi connectivity index (χ1v) is 7.53. The number of hydrogen-bond donors (Lipinski definition) is 2. The average Bonchev–Trinajstić information content (AvgIpc) is 2.51. The molecule has 6 heteroatoms. The van der Waals surface area contributed by atoms with Crippen LogP contribution in [0.15, 0.2) is 48.5 Å². The van der Waals surface area contributed by atoms with Gasteiger partial charge in [-0.2, -0.15) is 0 Å². The van der Waals surface area contributed by atoms with Gasteiger partial charge in [-0.25, -0.2) is 9.18 Å². The smallest absolute Gasteiger partial charge is 0.305 e. The van der Waals surface area contributed by atoms with E-state index < -0.39 is 17.8 Å². The van der Waals surface area contributed by atoms with Crippen LogP contribution in [0.1, 0.15) is 11.1 Å². The number of nitrogens with one attached hydrogen (secondary N) is 2. The maximum absolute atomic E-state index is 13.4. The summed E-state index contributed by atoms with van der Waals surface area (Å²) in [4.78, 5) is 25.4. The third-order valence-electron chi connectivity index (χ3n) is 3.36. The Kier molecular flexibility index (Phi) is 6.03. The molecule has 0 aliphatic rings. The summed E-state index contributed by atoms with van der Waals surface area (Å²) in [5, 5.41) is 4.49. The van der Waals surface area contributed by atoms with Gasteiger partial charge in [0.1, 0.15) is 5.82 Å². The van der Waals surface area contributed by atoms with Gasteiger partial charge < -0.3 is 5.32 Å². The second kappa shape index (κ2) is 8.21. The molecular formula is C18H20FN3O2. The van der Waals surface area contributed by atoms with Gasteiger partial charge in [-0.05, 0) is 31.7 Å². The highest BCUT2D eigenvalue weighted by Crippen LogP contribution is 2.11. The SMILES string of the molecule is Cc1ccc(CN(C)CC(=O)NC(=O)Nc2ccccc2F)cc1. The molecule has 126 valence electrons. The summed E-state index contributed by atoms with van der Waals surface area (Å²) in [7, 11) is 1.79. The van der Waals surface area contributed by atoms with E-state index in [0.717, 1.165) is 5.56 Å². The van der Waals surface area contributed by atoms with Crippen molar-refractivity contribution in [1.29, 1.82) is 0 Å². The minimum absolute atomic E-state index is 0.0239. The molecule has 0 bridgehead atoms. The lowest BCUT2D eigenvalue weighted by atomic mass is 10.1. The highest BCUT2D eigenvalue weighted by atomic mass is 19.1. The van der Waals surface area contributed by atoms with E-state index in [9.17, 15) is 14.0 Å². The number of hydrogen-bond acceptors (Lipinski definition) is 3. The summed E-state index contributed by atoms with van der Waals surface area (Å²) < 4.78 is 13.4. The Balaban J connectivity index is 1.80. The number of benzene rings is 2. The van der Waals surface area contributed by atoms with Crippen molar-refractivity contribution >= 4 is 17.6 Å². The fourth-order valence-corrected chi connectivity index (χ4v) is 2.19. The van der Waals surface area contributed by atoms with E-state index in [-0.39, 0.29) is 12.2 Å². The van der Waals surface area contributed by atoms with Gasteiger partial charge in [-0.15, -0.1) is 0 Å². The molecule has 5 nitrogen and oxygen atoms in total. The fourth-order valence-electron chi connectivity index (χ4n) is 2.19. The molecule has 2 rings (SSSR count). The van der Waals surface area contributed by atoms with Gasteiger partial charge in [0, 0.05) is 6.54 Å². The Labute approximate surface area is 140 Å². The largest absolute Gasteiger partial charge is 0.326 e. The first-order chi connectivity index (χ1) is 11.4. The van der Waals surface area contributed by atoms with Crippen LogP contribution in [0.5, 0.6) is 0 Å². The van der Waals surface area contributed by atoms with Crippen molar-refractivity contribution in [1.82, 2.24) is 10.2 Å². The number of urea groups is 1. The monoisotopic (exact) mass is 329 g/mol. The number of imide groups is 1. The van der Waals surface area contributed by atoms with Crippen LogP contribution in [-0.2, 0) is 11.3 Å². The van der Waals surface area contributed by atoms with Crippen molar-refractivity contribution in [3.8, 4) is 0 Å². The molecule has 3 amide bonds. The van der Waals surface area contributed by atoms with Crippen LogP contribution in [-0.4, -0.2) is 30.4 Å². The number of carbonyl (C=O) groups is 2. The molecule has 0 saturated heterocycles. The maximum atomic E-state index is 13.4. The lowest BCUT2D eigenvalue weighted by molar-refractivity contribution is -0.120. The molecule has 0 aliphatic heterocycles. The summed E-state index contributed by atoms with van der Waals surface area (Å²) >= 11 is 0. The second-order valence-electron chi connectivity index (χ2n) is 5.64. The number of halogens is 1. The lowest BCUT2D eigenvalue weighted by Gasteiger charge is -2.16. The normalized spacial score (nSPS) is 10.5. The van der Waals surface area contributed by atoms with Crippen molar-refractivity contribution in [2.45, 2.75) is 13.5 Å². The zero-order valence-electron chi connectivity index (χ0n) is 13.7. The molecule has 0 aromatic heterocycles. The van der Waals surface area contributed by atoms with E-state index in [4.69, 9.17) is 0 Å². The predicted octanol–water partition coefficient (Wildman–Crippen LogP) is 2.91. The molecular weight excluding hydrogens is 309 g/mol. The average molecular weight is 329 g/mol. The molecule has 0 unspecified atom stereocenters. The second-order valence-corrected chi connectivity index (χ2v) is 5.64. The standard InChI is InChI=1S/C18H20FN3O2/c1-13-7-9-14(10-8-13)11-22(2)12-17(23)21-18(24)20-16-6-4-3-5-15(16)19/h3-10H,11-12H2,1-2H3,(H2,20,21,23,24). The summed E-state index contributed by atoms with van der Waals surface area (Å²) in [6.07, 6.45) is 0. The summed E-state index contributed by atoms with van der Waals surface area (Å²) in [5.74, 6) is -1.02. The quantitative estimate of drug-likeness (QED) is 0.887. The summed E-state index contributed by atoms with van der Waals surface area (Å²) in [6.45, 7) is 2.65. The van der Waals surface area contributed by atoms with Crippen LogP contribution in [0.25, 0.3) is 0 Å². The van der Waals surface area contributed by atoms with E-state index in [2.05, 4.69) is 10.6 Å². The van der Waals surface area contributed by atoms with E-state index in [1.807, 2.05) is 31.2 Å². The predicted molar refractivity (Wildman–Crippen MR) is 91.1 cm³/mol. The zero-order chi connectivity index (χ0) is 17.5. The first-order valence-electron chi connectivity index (χ1n) is 7.53. The van der Waals surface area contributed by atoms with Crippen LogP contribution in [0.2, 0.25) is 0 Å². The van der Waals surface area contributed by atoms with E-state index in [1.54, 1.807) is 18.0 Å². The highest BCUT2D eigenvalue weighted by molar-refractivity contribution is 6.01. The number of rotatable bonds is 5. The summed E-state index contributed by atoms with van der Waals surface area (Å²) in [6, 6.07) is 13.0. The Morgan fingerprint density at radius 1 is 1.08 bits per heavy atom. The van der Waals surface area contributed by atoms with Gasteiger partial charge in [-0.1, -0.05) is 42.0 Å².